The van der Waals surface area contributed by atoms with Crippen molar-refractivity contribution in [1.29, 1.82) is 0 Å². The highest BCUT2D eigenvalue weighted by molar-refractivity contribution is 6.32. The maximum Gasteiger partial charge on any atom is 0.252 e. The van der Waals surface area contributed by atoms with Crippen molar-refractivity contribution in [3.05, 3.63) is 22.8 Å². The van der Waals surface area contributed by atoms with Crippen molar-refractivity contribution in [3.63, 3.8) is 0 Å². The van der Waals surface area contributed by atoms with E-state index in [1.807, 2.05) is 13.8 Å². The van der Waals surface area contributed by atoms with Crippen molar-refractivity contribution < 1.29 is 14.6 Å². The van der Waals surface area contributed by atoms with Gasteiger partial charge in [0.15, 0.2) is 0 Å². The Balaban J connectivity index is 2.77. The summed E-state index contributed by atoms with van der Waals surface area (Å²) in [5.41, 5.74) is 0.333. The molecule has 0 bridgehead atoms. The zero-order valence-corrected chi connectivity index (χ0v) is 10.5. The molecular weight excluding hydrogens is 244 g/mol. The maximum atomic E-state index is 11.5. The predicted octanol–water partition coefficient (Wildman–Crippen LogP) is 1.24. The number of carbonyl (C=O) groups excluding carboxylic acids is 1. The van der Waals surface area contributed by atoms with Gasteiger partial charge in [-0.1, -0.05) is 11.6 Å². The minimum Gasteiger partial charge on any atom is -0.474 e. The van der Waals surface area contributed by atoms with Crippen LogP contribution in [0.5, 0.6) is 5.88 Å². The van der Waals surface area contributed by atoms with E-state index in [2.05, 4.69) is 10.3 Å². The fourth-order valence-electron chi connectivity index (χ4n) is 1.13. The average molecular weight is 259 g/mol. The minimum absolute atomic E-state index is 0.0333. The second-order valence-corrected chi connectivity index (χ2v) is 4.06. The van der Waals surface area contributed by atoms with Crippen LogP contribution in [0.15, 0.2) is 12.3 Å². The molecule has 17 heavy (non-hydrogen) atoms. The zero-order chi connectivity index (χ0) is 12.8. The molecule has 0 atom stereocenters. The number of nitrogens with one attached hydrogen (secondary N) is 1. The van der Waals surface area contributed by atoms with E-state index in [0.29, 0.717) is 11.4 Å². The van der Waals surface area contributed by atoms with Gasteiger partial charge in [0.05, 0.1) is 18.3 Å². The molecule has 0 aliphatic carbocycles. The van der Waals surface area contributed by atoms with Crippen LogP contribution in [-0.4, -0.2) is 35.3 Å². The van der Waals surface area contributed by atoms with Gasteiger partial charge in [0.2, 0.25) is 5.88 Å². The average Bonchev–Trinajstić information content (AvgIpc) is 2.28. The Hall–Kier alpha value is -1.33. The lowest BCUT2D eigenvalue weighted by Gasteiger charge is -2.10. The van der Waals surface area contributed by atoms with E-state index in [9.17, 15) is 4.79 Å². The van der Waals surface area contributed by atoms with Crippen molar-refractivity contribution in [3.8, 4) is 5.88 Å². The fraction of sp³-hybridized carbons (Fsp3) is 0.455. The highest BCUT2D eigenvalue weighted by Gasteiger charge is 2.11. The zero-order valence-electron chi connectivity index (χ0n) is 9.74. The van der Waals surface area contributed by atoms with Crippen LogP contribution in [0.3, 0.4) is 0 Å². The summed E-state index contributed by atoms with van der Waals surface area (Å²) in [6, 6.07) is 1.49. The molecule has 0 aromatic carbocycles. The summed E-state index contributed by atoms with van der Waals surface area (Å²) in [5, 5.41) is 11.4. The summed E-state index contributed by atoms with van der Waals surface area (Å²) in [4.78, 5) is 15.5. The number of amides is 1. The third kappa shape index (κ3) is 4.20. The van der Waals surface area contributed by atoms with Crippen molar-refractivity contribution in [1.82, 2.24) is 10.3 Å². The van der Waals surface area contributed by atoms with E-state index in [0.717, 1.165) is 0 Å². The van der Waals surface area contributed by atoms with Gasteiger partial charge in [-0.3, -0.25) is 4.79 Å². The summed E-state index contributed by atoms with van der Waals surface area (Å²) in [5.74, 6) is -0.0232. The van der Waals surface area contributed by atoms with Gasteiger partial charge in [-0.15, -0.1) is 0 Å². The summed E-state index contributed by atoms with van der Waals surface area (Å²) in [7, 11) is 0. The van der Waals surface area contributed by atoms with E-state index in [1.165, 1.54) is 12.3 Å². The van der Waals surface area contributed by atoms with Crippen LogP contribution in [0.4, 0.5) is 0 Å². The Bertz CT molecular complexity index is 396. The fourth-order valence-corrected chi connectivity index (χ4v) is 1.34. The van der Waals surface area contributed by atoms with Gasteiger partial charge in [0.25, 0.3) is 5.91 Å². The van der Waals surface area contributed by atoms with E-state index < -0.39 is 0 Å². The van der Waals surface area contributed by atoms with Crippen molar-refractivity contribution in [2.45, 2.75) is 20.0 Å². The van der Waals surface area contributed by atoms with Gasteiger partial charge in [-0.25, -0.2) is 4.98 Å². The second-order valence-electron chi connectivity index (χ2n) is 3.66. The molecule has 1 aromatic rings. The number of ether oxygens (including phenoxy) is 1. The number of pyridine rings is 1. The number of hydrogen-bond donors (Lipinski definition) is 2. The molecule has 0 saturated heterocycles. The Morgan fingerprint density at radius 3 is 2.88 bits per heavy atom. The number of aliphatic hydroxyl groups is 1. The number of halogens is 1. The van der Waals surface area contributed by atoms with E-state index >= 15 is 0 Å². The SMILES string of the molecule is CC(C)Oc1ncc(C(=O)NCCO)cc1Cl. The van der Waals surface area contributed by atoms with Crippen LogP contribution in [0, 0.1) is 0 Å². The third-order valence-electron chi connectivity index (χ3n) is 1.81. The summed E-state index contributed by atoms with van der Waals surface area (Å²) in [6.45, 7) is 3.81. The van der Waals surface area contributed by atoms with Gasteiger partial charge in [-0.2, -0.15) is 0 Å². The van der Waals surface area contributed by atoms with Gasteiger partial charge in [-0.05, 0) is 19.9 Å². The van der Waals surface area contributed by atoms with E-state index in [-0.39, 0.29) is 30.2 Å². The summed E-state index contributed by atoms with van der Waals surface area (Å²) < 4.78 is 5.35. The number of nitrogens with zero attached hydrogens (tertiary/aromatic N) is 1. The monoisotopic (exact) mass is 258 g/mol. The smallest absolute Gasteiger partial charge is 0.252 e. The lowest BCUT2D eigenvalue weighted by atomic mass is 10.2. The van der Waals surface area contributed by atoms with Crippen LogP contribution < -0.4 is 10.1 Å². The van der Waals surface area contributed by atoms with Crippen LogP contribution in [-0.2, 0) is 0 Å². The lowest BCUT2D eigenvalue weighted by molar-refractivity contribution is 0.0944. The molecular formula is C11H15ClN2O3. The topological polar surface area (TPSA) is 71.5 Å². The molecule has 0 aliphatic rings. The highest BCUT2D eigenvalue weighted by Crippen LogP contribution is 2.23. The van der Waals surface area contributed by atoms with Crippen LogP contribution in [0.25, 0.3) is 0 Å². The first-order chi connectivity index (χ1) is 8.04. The first kappa shape index (κ1) is 13.7. The summed E-state index contributed by atoms with van der Waals surface area (Å²) >= 11 is 5.93. The molecule has 6 heteroatoms. The minimum atomic E-state index is -0.329. The number of hydrogen-bond acceptors (Lipinski definition) is 4. The van der Waals surface area contributed by atoms with Gasteiger partial charge >= 0.3 is 0 Å². The Morgan fingerprint density at radius 1 is 1.65 bits per heavy atom. The molecule has 1 aromatic heterocycles. The molecule has 0 fully saturated rings. The Morgan fingerprint density at radius 2 is 2.35 bits per heavy atom. The molecule has 0 saturated carbocycles. The Labute approximate surface area is 105 Å². The van der Waals surface area contributed by atoms with Gasteiger partial charge in [0.1, 0.15) is 5.02 Å². The molecule has 0 unspecified atom stereocenters. The van der Waals surface area contributed by atoms with E-state index in [1.54, 1.807) is 0 Å². The first-order valence-electron chi connectivity index (χ1n) is 5.26. The summed E-state index contributed by atoms with van der Waals surface area (Å²) in [6.07, 6.45) is 1.35. The molecule has 0 spiro atoms. The van der Waals surface area contributed by atoms with Gasteiger partial charge < -0.3 is 15.2 Å². The van der Waals surface area contributed by atoms with Crippen molar-refractivity contribution in [2.75, 3.05) is 13.2 Å². The lowest BCUT2D eigenvalue weighted by Crippen LogP contribution is -2.26. The van der Waals surface area contributed by atoms with Gasteiger partial charge in [0, 0.05) is 12.7 Å². The molecule has 0 radical (unpaired) electrons. The highest BCUT2D eigenvalue weighted by atomic mass is 35.5. The second kappa shape index (κ2) is 6.42. The van der Waals surface area contributed by atoms with E-state index in [4.69, 9.17) is 21.4 Å². The van der Waals surface area contributed by atoms with Crippen LogP contribution in [0.2, 0.25) is 5.02 Å². The van der Waals surface area contributed by atoms with Crippen LogP contribution >= 0.6 is 11.6 Å². The largest absolute Gasteiger partial charge is 0.474 e. The molecule has 1 amide bonds. The Kier molecular flexibility index (Phi) is 5.18. The molecule has 2 N–H and O–H groups in total. The number of rotatable bonds is 5. The molecule has 1 heterocycles. The molecule has 5 nitrogen and oxygen atoms in total. The number of aliphatic hydroxyl groups excluding tert-OH is 1. The number of carbonyl (C=O) groups is 1. The number of aromatic nitrogens is 1. The normalized spacial score (nSPS) is 10.4. The molecule has 94 valence electrons. The van der Waals surface area contributed by atoms with Crippen molar-refractivity contribution >= 4 is 17.5 Å². The third-order valence-corrected chi connectivity index (χ3v) is 2.09. The first-order valence-corrected chi connectivity index (χ1v) is 5.63. The quantitative estimate of drug-likeness (QED) is 0.834. The van der Waals surface area contributed by atoms with Crippen LogP contribution in [0.1, 0.15) is 24.2 Å². The molecule has 1 rings (SSSR count). The molecule has 0 aliphatic heterocycles. The maximum absolute atomic E-state index is 11.5. The standard InChI is InChI=1S/C11H15ClN2O3/c1-7(2)17-11-9(12)5-8(6-14-11)10(16)13-3-4-15/h5-7,15H,3-4H2,1-2H3,(H,13,16). The predicted molar refractivity (Wildman–Crippen MR) is 64.4 cm³/mol. The van der Waals surface area contributed by atoms with Crippen molar-refractivity contribution in [2.24, 2.45) is 0 Å².